The first kappa shape index (κ1) is 21.3. The molecule has 6 heteroatoms. The second-order valence-electron chi connectivity index (χ2n) is 7.82. The summed E-state index contributed by atoms with van der Waals surface area (Å²) >= 11 is 0. The predicted molar refractivity (Wildman–Crippen MR) is 113 cm³/mol. The zero-order valence-electron chi connectivity index (χ0n) is 17.1. The quantitative estimate of drug-likeness (QED) is 0.379. The number of nitro groups is 1. The minimum atomic E-state index is -0.416. The molecule has 0 bridgehead atoms. The van der Waals surface area contributed by atoms with Crippen molar-refractivity contribution in [2.75, 3.05) is 39.5 Å². The molecule has 1 N–H and O–H groups in total. The van der Waals surface area contributed by atoms with Gasteiger partial charge in [0, 0.05) is 6.07 Å². The van der Waals surface area contributed by atoms with Crippen molar-refractivity contribution in [1.82, 2.24) is 0 Å². The second-order valence-corrected chi connectivity index (χ2v) is 7.82. The summed E-state index contributed by atoms with van der Waals surface area (Å²) in [7, 11) is 0. The number of nitro benzene ring substituents is 1. The van der Waals surface area contributed by atoms with E-state index in [1.165, 1.54) is 44.0 Å². The summed E-state index contributed by atoms with van der Waals surface area (Å²) in [4.78, 5) is 12.2. The minimum absolute atomic E-state index is 0.00146. The molecule has 2 aromatic carbocycles. The average molecular weight is 400 g/mol. The first-order valence-corrected chi connectivity index (χ1v) is 10.4. The lowest BCUT2D eigenvalue weighted by molar-refractivity contribution is -0.906. The van der Waals surface area contributed by atoms with Gasteiger partial charge in [0.2, 0.25) is 0 Å². The van der Waals surface area contributed by atoms with E-state index in [0.717, 1.165) is 18.0 Å². The molecule has 0 amide bonds. The molecule has 6 nitrogen and oxygen atoms in total. The van der Waals surface area contributed by atoms with Gasteiger partial charge in [-0.25, -0.2) is 0 Å². The lowest BCUT2D eigenvalue weighted by Gasteiger charge is -2.29. The third kappa shape index (κ3) is 6.84. The van der Waals surface area contributed by atoms with Crippen LogP contribution in [0.25, 0.3) is 0 Å². The monoisotopic (exact) mass is 399 g/mol. The summed E-state index contributed by atoms with van der Waals surface area (Å²) < 4.78 is 11.3. The van der Waals surface area contributed by atoms with E-state index < -0.39 is 4.92 Å². The average Bonchev–Trinajstić information content (AvgIpc) is 2.72. The maximum absolute atomic E-state index is 11.1. The molecule has 1 saturated heterocycles. The molecule has 1 heterocycles. The van der Waals surface area contributed by atoms with Gasteiger partial charge in [0.1, 0.15) is 13.2 Å². The first-order chi connectivity index (χ1) is 14.1. The van der Waals surface area contributed by atoms with Crippen LogP contribution in [0.4, 0.5) is 5.69 Å². The van der Waals surface area contributed by atoms with E-state index in [2.05, 4.69) is 30.3 Å². The van der Waals surface area contributed by atoms with Gasteiger partial charge in [-0.2, -0.15) is 0 Å². The Kier molecular flexibility index (Phi) is 8.02. The summed E-state index contributed by atoms with van der Waals surface area (Å²) in [6, 6.07) is 15.7. The fraction of sp³-hybridized carbons (Fsp3) is 0.478. The first-order valence-electron chi connectivity index (χ1n) is 10.4. The predicted octanol–water partition coefficient (Wildman–Crippen LogP) is 2.84. The topological polar surface area (TPSA) is 66.0 Å². The smallest absolute Gasteiger partial charge is 0.310 e. The number of aryl methyl sites for hydroxylation is 1. The van der Waals surface area contributed by atoms with Gasteiger partial charge >= 0.3 is 5.69 Å². The number of hydrogen-bond acceptors (Lipinski definition) is 4. The Bertz CT molecular complexity index is 774. The van der Waals surface area contributed by atoms with Crippen molar-refractivity contribution >= 4 is 5.69 Å². The van der Waals surface area contributed by atoms with Gasteiger partial charge < -0.3 is 14.4 Å². The van der Waals surface area contributed by atoms with E-state index in [-0.39, 0.29) is 5.69 Å². The Hall–Kier alpha value is -2.44. The Morgan fingerprint density at radius 2 is 1.83 bits per heavy atom. The van der Waals surface area contributed by atoms with Crippen molar-refractivity contribution < 1.29 is 19.3 Å². The molecule has 0 aliphatic carbocycles. The van der Waals surface area contributed by atoms with Gasteiger partial charge in [-0.1, -0.05) is 36.4 Å². The molecule has 0 unspecified atom stereocenters. The van der Waals surface area contributed by atoms with Gasteiger partial charge in [-0.15, -0.1) is 0 Å². The fourth-order valence-corrected chi connectivity index (χ4v) is 3.90. The highest BCUT2D eigenvalue weighted by atomic mass is 16.6. The maximum Gasteiger partial charge on any atom is 0.310 e. The second kappa shape index (κ2) is 10.9. The lowest BCUT2D eigenvalue weighted by atomic mass is 9.90. The number of piperidine rings is 1. The summed E-state index contributed by atoms with van der Waals surface area (Å²) in [5.41, 5.74) is 2.38. The van der Waals surface area contributed by atoms with Crippen LogP contribution in [0.2, 0.25) is 0 Å². The van der Waals surface area contributed by atoms with Gasteiger partial charge in [-0.05, 0) is 49.3 Å². The molecule has 2 aromatic rings. The summed E-state index contributed by atoms with van der Waals surface area (Å²) in [5.74, 6) is 1.10. The normalized spacial score (nSPS) is 19.1. The number of nitrogens with one attached hydrogen (secondary N) is 1. The number of rotatable bonds is 10. The maximum atomic E-state index is 11.1. The Balaban J connectivity index is 1.28. The molecule has 1 fully saturated rings. The molecule has 3 rings (SSSR count). The van der Waals surface area contributed by atoms with E-state index in [9.17, 15) is 10.1 Å². The van der Waals surface area contributed by atoms with Crippen LogP contribution in [-0.2, 0) is 11.2 Å². The molecule has 0 atom stereocenters. The van der Waals surface area contributed by atoms with Crippen molar-refractivity contribution in [2.45, 2.75) is 26.2 Å². The summed E-state index contributed by atoms with van der Waals surface area (Å²) in [6.07, 6.45) is 3.72. The van der Waals surface area contributed by atoms with Crippen molar-refractivity contribution in [3.05, 3.63) is 69.8 Å². The highest BCUT2D eigenvalue weighted by Crippen LogP contribution is 2.27. The third-order valence-electron chi connectivity index (χ3n) is 5.58. The SMILES string of the molecule is Cc1ccc([N+](=O)[O-])c(OCCOCC[NH+]2CCC(Cc3ccccc3)CC2)c1. The Labute approximate surface area is 172 Å². The molecule has 0 radical (unpaired) electrons. The standard InChI is InChI=1S/C23H30N2O4/c1-19-7-8-22(25(26)27)23(17-19)29-16-15-28-14-13-24-11-9-21(10-12-24)18-20-5-3-2-4-6-20/h2-8,17,21H,9-16,18H2,1H3/p+1. The van der Waals surface area contributed by atoms with Crippen LogP contribution in [0, 0.1) is 23.0 Å². The number of likely N-dealkylation sites (tertiary alicyclic amines) is 1. The Morgan fingerprint density at radius 1 is 1.07 bits per heavy atom. The largest absolute Gasteiger partial charge is 0.484 e. The van der Waals surface area contributed by atoms with E-state index in [1.807, 2.05) is 6.92 Å². The number of ether oxygens (including phenoxy) is 2. The fourth-order valence-electron chi connectivity index (χ4n) is 3.90. The molecule has 1 aliphatic rings. The highest BCUT2D eigenvalue weighted by molar-refractivity contribution is 5.48. The van der Waals surface area contributed by atoms with E-state index in [0.29, 0.717) is 25.6 Å². The van der Waals surface area contributed by atoms with Crippen molar-refractivity contribution in [2.24, 2.45) is 5.92 Å². The molecule has 0 spiro atoms. The van der Waals surface area contributed by atoms with Crippen LogP contribution in [0.15, 0.2) is 48.5 Å². The van der Waals surface area contributed by atoms with Crippen LogP contribution < -0.4 is 9.64 Å². The highest BCUT2D eigenvalue weighted by Gasteiger charge is 2.22. The Morgan fingerprint density at radius 3 is 2.55 bits per heavy atom. The molecule has 0 saturated carbocycles. The third-order valence-corrected chi connectivity index (χ3v) is 5.58. The molecule has 29 heavy (non-hydrogen) atoms. The molecular weight excluding hydrogens is 368 g/mol. The number of hydrogen-bond donors (Lipinski definition) is 1. The van der Waals surface area contributed by atoms with Crippen molar-refractivity contribution in [3.8, 4) is 5.75 Å². The van der Waals surface area contributed by atoms with Crippen LogP contribution in [0.3, 0.4) is 0 Å². The number of nitrogens with zero attached hydrogens (tertiary/aromatic N) is 1. The van der Waals surface area contributed by atoms with E-state index in [4.69, 9.17) is 9.47 Å². The molecule has 156 valence electrons. The minimum Gasteiger partial charge on any atom is -0.484 e. The molecular formula is C23H31N2O4+. The van der Waals surface area contributed by atoms with Gasteiger partial charge in [-0.3, -0.25) is 10.1 Å². The van der Waals surface area contributed by atoms with Crippen LogP contribution in [-0.4, -0.2) is 44.4 Å². The zero-order chi connectivity index (χ0) is 20.5. The summed E-state index contributed by atoms with van der Waals surface area (Å²) in [6.45, 7) is 6.74. The zero-order valence-corrected chi connectivity index (χ0v) is 17.1. The van der Waals surface area contributed by atoms with E-state index >= 15 is 0 Å². The van der Waals surface area contributed by atoms with Crippen LogP contribution in [0.5, 0.6) is 5.75 Å². The van der Waals surface area contributed by atoms with Crippen molar-refractivity contribution in [3.63, 3.8) is 0 Å². The van der Waals surface area contributed by atoms with Gasteiger partial charge in [0.25, 0.3) is 0 Å². The van der Waals surface area contributed by atoms with Gasteiger partial charge in [0.15, 0.2) is 5.75 Å². The number of benzene rings is 2. The van der Waals surface area contributed by atoms with Crippen LogP contribution in [0.1, 0.15) is 24.0 Å². The van der Waals surface area contributed by atoms with E-state index in [1.54, 1.807) is 17.0 Å². The molecule has 0 aromatic heterocycles. The molecule has 1 aliphatic heterocycles. The lowest BCUT2D eigenvalue weighted by Crippen LogP contribution is -3.13. The van der Waals surface area contributed by atoms with Crippen LogP contribution >= 0.6 is 0 Å². The van der Waals surface area contributed by atoms with Crippen molar-refractivity contribution in [1.29, 1.82) is 0 Å². The summed E-state index contributed by atoms with van der Waals surface area (Å²) in [5, 5.41) is 11.1. The number of quaternary nitrogens is 1. The van der Waals surface area contributed by atoms with Gasteiger partial charge in [0.05, 0.1) is 31.2 Å².